The standard InChI is InChI=1S/C12H16F3NS/c1-3-9(7-17-2)16-6-8-4-10(13)12(15)11(14)5-8/h4-5,9,16H,3,6-7H2,1-2H3. The van der Waals surface area contributed by atoms with Gasteiger partial charge in [0.1, 0.15) is 0 Å². The molecule has 0 saturated carbocycles. The van der Waals surface area contributed by atoms with Crippen LogP contribution in [0.3, 0.4) is 0 Å². The largest absolute Gasteiger partial charge is 0.309 e. The molecule has 0 bridgehead atoms. The third-order valence-electron chi connectivity index (χ3n) is 2.50. The fourth-order valence-corrected chi connectivity index (χ4v) is 2.25. The van der Waals surface area contributed by atoms with Gasteiger partial charge in [-0.1, -0.05) is 6.92 Å². The van der Waals surface area contributed by atoms with Crippen LogP contribution in [-0.4, -0.2) is 18.1 Å². The first-order valence-electron chi connectivity index (χ1n) is 5.44. The van der Waals surface area contributed by atoms with Gasteiger partial charge in [0.05, 0.1) is 0 Å². The molecule has 0 saturated heterocycles. The molecule has 1 unspecified atom stereocenters. The molecule has 0 aliphatic carbocycles. The Balaban J connectivity index is 2.63. The van der Waals surface area contributed by atoms with Crippen molar-refractivity contribution in [3.8, 4) is 0 Å². The summed E-state index contributed by atoms with van der Waals surface area (Å²) >= 11 is 1.71. The van der Waals surface area contributed by atoms with Crippen LogP contribution in [0.5, 0.6) is 0 Å². The van der Waals surface area contributed by atoms with Crippen molar-refractivity contribution < 1.29 is 13.2 Å². The lowest BCUT2D eigenvalue weighted by molar-refractivity contribution is 0.443. The Kier molecular flexibility index (Phi) is 5.85. The van der Waals surface area contributed by atoms with Gasteiger partial charge in [0, 0.05) is 18.3 Å². The first kappa shape index (κ1) is 14.4. The van der Waals surface area contributed by atoms with E-state index >= 15 is 0 Å². The minimum atomic E-state index is -1.41. The Morgan fingerprint density at radius 3 is 2.29 bits per heavy atom. The van der Waals surface area contributed by atoms with Crippen LogP contribution in [0.4, 0.5) is 13.2 Å². The summed E-state index contributed by atoms with van der Waals surface area (Å²) in [4.78, 5) is 0. The number of nitrogens with one attached hydrogen (secondary N) is 1. The molecule has 96 valence electrons. The molecule has 1 aromatic carbocycles. The second kappa shape index (κ2) is 6.91. The molecule has 1 aromatic rings. The molecule has 5 heteroatoms. The SMILES string of the molecule is CCC(CSC)NCc1cc(F)c(F)c(F)c1. The average molecular weight is 263 g/mol. The van der Waals surface area contributed by atoms with Crippen molar-refractivity contribution in [2.24, 2.45) is 0 Å². The van der Waals surface area contributed by atoms with Crippen molar-refractivity contribution in [1.82, 2.24) is 5.32 Å². The maximum atomic E-state index is 12.9. The van der Waals surface area contributed by atoms with E-state index in [9.17, 15) is 13.2 Å². The van der Waals surface area contributed by atoms with Gasteiger partial charge in [-0.05, 0) is 30.4 Å². The van der Waals surface area contributed by atoms with Crippen LogP contribution in [0, 0.1) is 17.5 Å². The lowest BCUT2D eigenvalue weighted by Gasteiger charge is -2.15. The van der Waals surface area contributed by atoms with Crippen LogP contribution in [0.15, 0.2) is 12.1 Å². The number of thioether (sulfide) groups is 1. The van der Waals surface area contributed by atoms with Crippen molar-refractivity contribution in [2.45, 2.75) is 25.9 Å². The summed E-state index contributed by atoms with van der Waals surface area (Å²) < 4.78 is 38.6. The van der Waals surface area contributed by atoms with Gasteiger partial charge < -0.3 is 5.32 Å². The smallest absolute Gasteiger partial charge is 0.194 e. The molecular formula is C12H16F3NS. The predicted molar refractivity (Wildman–Crippen MR) is 65.6 cm³/mol. The molecule has 0 aliphatic heterocycles. The van der Waals surface area contributed by atoms with E-state index < -0.39 is 17.5 Å². The average Bonchev–Trinajstić information content (AvgIpc) is 2.31. The van der Waals surface area contributed by atoms with Gasteiger partial charge >= 0.3 is 0 Å². The zero-order valence-corrected chi connectivity index (χ0v) is 10.7. The zero-order chi connectivity index (χ0) is 12.8. The molecule has 17 heavy (non-hydrogen) atoms. The first-order chi connectivity index (χ1) is 8.08. The zero-order valence-electron chi connectivity index (χ0n) is 9.90. The topological polar surface area (TPSA) is 12.0 Å². The maximum Gasteiger partial charge on any atom is 0.194 e. The Bertz CT molecular complexity index is 348. The highest BCUT2D eigenvalue weighted by molar-refractivity contribution is 7.98. The van der Waals surface area contributed by atoms with Crippen LogP contribution in [0.1, 0.15) is 18.9 Å². The highest BCUT2D eigenvalue weighted by Gasteiger charge is 2.11. The second-order valence-corrected chi connectivity index (χ2v) is 4.73. The van der Waals surface area contributed by atoms with E-state index in [4.69, 9.17) is 0 Å². The monoisotopic (exact) mass is 263 g/mol. The van der Waals surface area contributed by atoms with Crippen molar-refractivity contribution in [2.75, 3.05) is 12.0 Å². The number of hydrogen-bond donors (Lipinski definition) is 1. The Morgan fingerprint density at radius 1 is 1.24 bits per heavy atom. The highest BCUT2D eigenvalue weighted by atomic mass is 32.2. The van der Waals surface area contributed by atoms with Crippen LogP contribution in [0.25, 0.3) is 0 Å². The Morgan fingerprint density at radius 2 is 1.82 bits per heavy atom. The lowest BCUT2D eigenvalue weighted by atomic mass is 10.2. The number of benzene rings is 1. The normalized spacial score (nSPS) is 12.8. The van der Waals surface area contributed by atoms with Crippen LogP contribution in [-0.2, 0) is 6.54 Å². The van der Waals surface area contributed by atoms with Crippen LogP contribution in [0.2, 0.25) is 0 Å². The van der Waals surface area contributed by atoms with E-state index in [2.05, 4.69) is 5.32 Å². The summed E-state index contributed by atoms with van der Waals surface area (Å²) in [5, 5.41) is 3.18. The molecule has 0 fully saturated rings. The van der Waals surface area contributed by atoms with Gasteiger partial charge in [-0.2, -0.15) is 11.8 Å². The van der Waals surface area contributed by atoms with Gasteiger partial charge in [-0.3, -0.25) is 0 Å². The molecule has 0 aliphatic rings. The first-order valence-corrected chi connectivity index (χ1v) is 6.83. The van der Waals surface area contributed by atoms with E-state index in [0.29, 0.717) is 18.2 Å². The van der Waals surface area contributed by atoms with E-state index in [1.165, 1.54) is 0 Å². The minimum absolute atomic E-state index is 0.293. The fraction of sp³-hybridized carbons (Fsp3) is 0.500. The molecule has 1 atom stereocenters. The third-order valence-corrected chi connectivity index (χ3v) is 3.23. The minimum Gasteiger partial charge on any atom is -0.309 e. The lowest BCUT2D eigenvalue weighted by Crippen LogP contribution is -2.30. The Labute approximate surface area is 104 Å². The molecule has 1 N–H and O–H groups in total. The van der Waals surface area contributed by atoms with Crippen molar-refractivity contribution in [3.05, 3.63) is 35.1 Å². The van der Waals surface area contributed by atoms with Gasteiger partial charge in [-0.15, -0.1) is 0 Å². The molecule has 1 nitrogen and oxygen atoms in total. The molecule has 0 amide bonds. The van der Waals surface area contributed by atoms with Gasteiger partial charge in [0.15, 0.2) is 17.5 Å². The van der Waals surface area contributed by atoms with Crippen molar-refractivity contribution >= 4 is 11.8 Å². The maximum absolute atomic E-state index is 12.9. The van der Waals surface area contributed by atoms with E-state index in [1.54, 1.807) is 11.8 Å². The molecule has 0 heterocycles. The van der Waals surface area contributed by atoms with E-state index in [1.807, 2.05) is 13.2 Å². The molecule has 0 spiro atoms. The molecular weight excluding hydrogens is 247 g/mol. The quantitative estimate of drug-likeness (QED) is 0.790. The van der Waals surface area contributed by atoms with Gasteiger partial charge in [0.25, 0.3) is 0 Å². The van der Waals surface area contributed by atoms with Gasteiger partial charge in [-0.25, -0.2) is 13.2 Å². The summed E-state index contributed by atoms with van der Waals surface area (Å²) in [5.74, 6) is -2.76. The van der Waals surface area contributed by atoms with Crippen LogP contribution >= 0.6 is 11.8 Å². The molecule has 0 aromatic heterocycles. The Hall–Kier alpha value is -0.680. The van der Waals surface area contributed by atoms with Gasteiger partial charge in [0.2, 0.25) is 0 Å². The third kappa shape index (κ3) is 4.24. The van der Waals surface area contributed by atoms with Crippen molar-refractivity contribution in [1.29, 1.82) is 0 Å². The second-order valence-electron chi connectivity index (χ2n) is 3.81. The summed E-state index contributed by atoms with van der Waals surface area (Å²) in [6.45, 7) is 2.38. The summed E-state index contributed by atoms with van der Waals surface area (Å²) in [5.41, 5.74) is 0.418. The summed E-state index contributed by atoms with van der Waals surface area (Å²) in [6, 6.07) is 2.34. The molecule has 0 radical (unpaired) electrons. The van der Waals surface area contributed by atoms with E-state index in [0.717, 1.165) is 24.3 Å². The predicted octanol–water partition coefficient (Wildman–Crippen LogP) is 3.34. The fourth-order valence-electron chi connectivity index (χ4n) is 1.49. The van der Waals surface area contributed by atoms with Crippen molar-refractivity contribution in [3.63, 3.8) is 0 Å². The number of rotatable bonds is 6. The highest BCUT2D eigenvalue weighted by Crippen LogP contribution is 2.14. The number of hydrogen-bond acceptors (Lipinski definition) is 2. The van der Waals surface area contributed by atoms with E-state index in [-0.39, 0.29) is 0 Å². The number of halogens is 3. The molecule has 1 rings (SSSR count). The van der Waals surface area contributed by atoms with Crippen LogP contribution < -0.4 is 5.32 Å². The summed E-state index contributed by atoms with van der Waals surface area (Å²) in [6.07, 6.45) is 2.94. The summed E-state index contributed by atoms with van der Waals surface area (Å²) in [7, 11) is 0.